The van der Waals surface area contributed by atoms with Crippen molar-refractivity contribution in [3.8, 4) is 0 Å². The molecule has 0 heterocycles. The molecule has 1 aromatic carbocycles. The van der Waals surface area contributed by atoms with Gasteiger partial charge in [-0.25, -0.2) is 0 Å². The van der Waals surface area contributed by atoms with E-state index < -0.39 is 0 Å². The maximum absolute atomic E-state index is 11.3. The molecule has 0 aliphatic rings. The molecule has 0 unspecified atom stereocenters. The van der Waals surface area contributed by atoms with E-state index in [1.54, 1.807) is 18.2 Å². The Hall–Kier alpha value is -1.53. The zero-order chi connectivity index (χ0) is 9.52. The van der Waals surface area contributed by atoms with Crippen LogP contribution < -0.4 is 0 Å². The van der Waals surface area contributed by atoms with E-state index in [1.807, 2.05) is 18.2 Å². The molecule has 0 radical (unpaired) electrons. The lowest BCUT2D eigenvalue weighted by atomic mass is 10.3. The highest BCUT2D eigenvalue weighted by Gasteiger charge is 1.94. The van der Waals surface area contributed by atoms with E-state index in [1.165, 1.54) is 0 Å². The van der Waals surface area contributed by atoms with Gasteiger partial charge in [0.25, 0.3) is 0 Å². The van der Waals surface area contributed by atoms with Crippen LogP contribution in [0.25, 0.3) is 0 Å². The summed E-state index contributed by atoms with van der Waals surface area (Å²) >= 11 is 0. The highest BCUT2D eigenvalue weighted by molar-refractivity contribution is 5.49. The van der Waals surface area contributed by atoms with E-state index in [4.69, 9.17) is 0 Å². The van der Waals surface area contributed by atoms with Crippen molar-refractivity contribution in [1.82, 2.24) is 0 Å². The van der Waals surface area contributed by atoms with Crippen molar-refractivity contribution in [1.29, 1.82) is 0 Å². The summed E-state index contributed by atoms with van der Waals surface area (Å²) in [6.07, 6.45) is 3.70. The van der Waals surface area contributed by atoms with Gasteiger partial charge < -0.3 is 5.21 Å². The third-order valence-corrected chi connectivity index (χ3v) is 1.63. The standard InChI is InChI=1S/C11H13NO/c1-2-3-7-10-12(13)11-8-5-4-6-9-11/h4-9H,2-3H2,1H3. The van der Waals surface area contributed by atoms with E-state index >= 15 is 0 Å². The second-order valence-electron chi connectivity index (χ2n) is 2.75. The predicted molar refractivity (Wildman–Crippen MR) is 54.2 cm³/mol. The Morgan fingerprint density at radius 1 is 1.38 bits per heavy atom. The Bertz CT molecular complexity index is 310. The van der Waals surface area contributed by atoms with Crippen molar-refractivity contribution < 1.29 is 4.74 Å². The molecule has 13 heavy (non-hydrogen) atoms. The molecule has 0 aliphatic heterocycles. The summed E-state index contributed by atoms with van der Waals surface area (Å²) in [5, 5.41) is 11.3. The number of para-hydroxylation sites is 1. The molecule has 0 N–H and O–H groups in total. The number of hydrogen-bond acceptors (Lipinski definition) is 1. The molecule has 68 valence electrons. The second-order valence-corrected chi connectivity index (χ2v) is 2.75. The molecule has 2 nitrogen and oxygen atoms in total. The van der Waals surface area contributed by atoms with Crippen molar-refractivity contribution in [2.45, 2.75) is 19.8 Å². The Morgan fingerprint density at radius 2 is 2.08 bits per heavy atom. The molecule has 0 saturated carbocycles. The fourth-order valence-electron chi connectivity index (χ4n) is 0.930. The highest BCUT2D eigenvalue weighted by atomic mass is 16.5. The van der Waals surface area contributed by atoms with Crippen LogP contribution in [0.3, 0.4) is 0 Å². The monoisotopic (exact) mass is 175 g/mol. The summed E-state index contributed by atoms with van der Waals surface area (Å²) in [6, 6.07) is 9.08. The summed E-state index contributed by atoms with van der Waals surface area (Å²) in [6.45, 7) is 2.07. The first-order valence-electron chi connectivity index (χ1n) is 4.44. The topological polar surface area (TPSA) is 26.1 Å². The number of rotatable bonds is 3. The minimum Gasteiger partial charge on any atom is -0.610 e. The van der Waals surface area contributed by atoms with E-state index in [9.17, 15) is 5.21 Å². The Kier molecular flexibility index (Phi) is 3.80. The minimum absolute atomic E-state index is 0.620. The molecule has 0 amide bonds. The third-order valence-electron chi connectivity index (χ3n) is 1.63. The van der Waals surface area contributed by atoms with Crippen LogP contribution in [0.5, 0.6) is 0 Å². The number of unbranched alkanes of at least 4 members (excludes halogenated alkanes) is 1. The van der Waals surface area contributed by atoms with Crippen molar-refractivity contribution in [3.63, 3.8) is 0 Å². The van der Waals surface area contributed by atoms with E-state index in [-0.39, 0.29) is 0 Å². The zero-order valence-electron chi connectivity index (χ0n) is 7.73. The smallest absolute Gasteiger partial charge is 0.226 e. The fourth-order valence-corrected chi connectivity index (χ4v) is 0.930. The normalized spacial score (nSPS) is 9.00. The minimum atomic E-state index is 0.620. The summed E-state index contributed by atoms with van der Waals surface area (Å²) in [4.78, 5) is 0. The van der Waals surface area contributed by atoms with Gasteiger partial charge in [0.1, 0.15) is 0 Å². The molecule has 1 aromatic rings. The lowest BCUT2D eigenvalue weighted by Crippen LogP contribution is -1.90. The maximum Gasteiger partial charge on any atom is 0.226 e. The predicted octanol–water partition coefficient (Wildman–Crippen LogP) is 2.85. The molecule has 0 aromatic heterocycles. The van der Waals surface area contributed by atoms with Crippen LogP contribution in [0, 0.1) is 5.21 Å². The van der Waals surface area contributed by atoms with Gasteiger partial charge in [-0.1, -0.05) is 31.5 Å². The van der Waals surface area contributed by atoms with Gasteiger partial charge in [0, 0.05) is 18.2 Å². The molecule has 0 atom stereocenters. The molecule has 1 rings (SSSR count). The molecule has 0 aliphatic carbocycles. The molecule has 0 fully saturated rings. The van der Waals surface area contributed by atoms with E-state index in [0.717, 1.165) is 17.6 Å². The SMILES string of the molecule is CCCC=C=[N+]([O-])c1ccccc1. The van der Waals surface area contributed by atoms with Gasteiger partial charge in [0.15, 0.2) is 5.87 Å². The van der Waals surface area contributed by atoms with Crippen molar-refractivity contribution in [3.05, 3.63) is 41.6 Å². The Labute approximate surface area is 78.4 Å². The van der Waals surface area contributed by atoms with E-state index in [0.29, 0.717) is 5.69 Å². The van der Waals surface area contributed by atoms with E-state index in [2.05, 4.69) is 12.8 Å². The van der Waals surface area contributed by atoms with Crippen molar-refractivity contribution >= 4 is 11.6 Å². The van der Waals surface area contributed by atoms with Gasteiger partial charge in [-0.05, 0) is 6.42 Å². The van der Waals surface area contributed by atoms with Gasteiger partial charge in [-0.3, -0.25) is 0 Å². The van der Waals surface area contributed by atoms with Crippen LogP contribution in [0.1, 0.15) is 19.8 Å². The summed E-state index contributed by atoms with van der Waals surface area (Å²) < 4.78 is 0.760. The number of nitrogens with zero attached hydrogens (tertiary/aromatic N) is 1. The van der Waals surface area contributed by atoms with Crippen LogP contribution in [0.2, 0.25) is 0 Å². The lowest BCUT2D eigenvalue weighted by Gasteiger charge is -1.96. The number of allylic oxidation sites excluding steroid dienone is 1. The summed E-state index contributed by atoms with van der Waals surface area (Å²) in [5.74, 6) is 2.65. The van der Waals surface area contributed by atoms with Gasteiger partial charge in [0.2, 0.25) is 5.69 Å². The third kappa shape index (κ3) is 3.14. The maximum atomic E-state index is 11.3. The van der Waals surface area contributed by atoms with Crippen molar-refractivity contribution in [2.75, 3.05) is 0 Å². The van der Waals surface area contributed by atoms with Gasteiger partial charge in [-0.2, -0.15) is 0 Å². The lowest BCUT2D eigenvalue weighted by molar-refractivity contribution is -0.352. The molecular formula is C11H13NO. The Morgan fingerprint density at radius 3 is 2.69 bits per heavy atom. The second kappa shape index (κ2) is 5.18. The van der Waals surface area contributed by atoms with Gasteiger partial charge in [-0.15, -0.1) is 4.74 Å². The first kappa shape index (κ1) is 9.56. The highest BCUT2D eigenvalue weighted by Crippen LogP contribution is 2.07. The first-order valence-corrected chi connectivity index (χ1v) is 4.44. The zero-order valence-corrected chi connectivity index (χ0v) is 7.73. The molecular weight excluding hydrogens is 162 g/mol. The largest absolute Gasteiger partial charge is 0.610 e. The molecule has 2 heteroatoms. The van der Waals surface area contributed by atoms with Crippen molar-refractivity contribution in [2.24, 2.45) is 0 Å². The van der Waals surface area contributed by atoms with Crippen LogP contribution in [-0.4, -0.2) is 10.6 Å². The number of hydrogen-bond donors (Lipinski definition) is 0. The first-order chi connectivity index (χ1) is 6.34. The Balaban J connectivity index is 2.79. The van der Waals surface area contributed by atoms with Crippen LogP contribution >= 0.6 is 0 Å². The average Bonchev–Trinajstić information content (AvgIpc) is 2.19. The fraction of sp³-hybridized carbons (Fsp3) is 0.273. The molecule has 0 spiro atoms. The number of benzene rings is 1. The van der Waals surface area contributed by atoms with Crippen LogP contribution in [0.15, 0.2) is 36.4 Å². The van der Waals surface area contributed by atoms with Gasteiger partial charge in [0.05, 0.1) is 0 Å². The molecule has 0 bridgehead atoms. The van der Waals surface area contributed by atoms with Crippen LogP contribution in [0.4, 0.5) is 5.69 Å². The van der Waals surface area contributed by atoms with Crippen LogP contribution in [-0.2, 0) is 0 Å². The molecule has 0 saturated heterocycles. The summed E-state index contributed by atoms with van der Waals surface area (Å²) in [7, 11) is 0. The quantitative estimate of drug-likeness (QED) is 0.300. The average molecular weight is 175 g/mol. The van der Waals surface area contributed by atoms with Gasteiger partial charge >= 0.3 is 0 Å². The summed E-state index contributed by atoms with van der Waals surface area (Å²) in [5.41, 5.74) is 0.620.